The molecule has 0 saturated heterocycles. The molecule has 3 aromatic rings. The van der Waals surface area contributed by atoms with Gasteiger partial charge in [-0.25, -0.2) is 13.8 Å². The lowest BCUT2D eigenvalue weighted by Gasteiger charge is -2.15. The Labute approximate surface area is 182 Å². The van der Waals surface area contributed by atoms with E-state index in [2.05, 4.69) is 4.98 Å². The monoisotopic (exact) mass is 440 g/mol. The quantitative estimate of drug-likeness (QED) is 0.538. The number of ether oxygens (including phenoxy) is 1. The average Bonchev–Trinajstić information content (AvgIpc) is 3.25. The van der Waals surface area contributed by atoms with Crippen molar-refractivity contribution in [2.75, 3.05) is 0 Å². The van der Waals surface area contributed by atoms with Gasteiger partial charge in [0.1, 0.15) is 12.4 Å². The number of hydrogen-bond donors (Lipinski definition) is 0. The molecule has 0 radical (unpaired) electrons. The van der Waals surface area contributed by atoms with Crippen LogP contribution in [0.2, 0.25) is 5.02 Å². The molecule has 4 nitrogen and oxygen atoms in total. The molecule has 1 aliphatic carbocycles. The zero-order chi connectivity index (χ0) is 22.0. The molecule has 0 bridgehead atoms. The maximum atomic E-state index is 14.0. The minimum atomic E-state index is -1.34. The number of aromatic carboxylic acids is 1. The smallest absolute Gasteiger partial charge is 0.165 e. The van der Waals surface area contributed by atoms with Crippen LogP contribution in [0.5, 0.6) is 5.75 Å². The second-order valence-electron chi connectivity index (χ2n) is 7.15. The fourth-order valence-electron chi connectivity index (χ4n) is 3.72. The van der Waals surface area contributed by atoms with Gasteiger partial charge in [-0.1, -0.05) is 29.8 Å². The van der Waals surface area contributed by atoms with Gasteiger partial charge in [-0.05, 0) is 66.8 Å². The van der Waals surface area contributed by atoms with Gasteiger partial charge in [-0.15, -0.1) is 0 Å². The number of pyridine rings is 1. The first kappa shape index (κ1) is 21.0. The van der Waals surface area contributed by atoms with Crippen LogP contribution in [-0.4, -0.2) is 11.0 Å². The van der Waals surface area contributed by atoms with Crippen LogP contribution >= 0.6 is 11.6 Å². The fraction of sp³-hybridized carbons (Fsp3) is 0.167. The number of carbonyl (C=O) groups is 1. The third kappa shape index (κ3) is 4.44. The molecule has 0 spiro atoms. The molecule has 0 N–H and O–H groups in total. The van der Waals surface area contributed by atoms with Gasteiger partial charge in [0.2, 0.25) is 0 Å². The van der Waals surface area contributed by atoms with Gasteiger partial charge in [0.25, 0.3) is 0 Å². The van der Waals surface area contributed by atoms with Gasteiger partial charge in [-0.2, -0.15) is 0 Å². The van der Waals surface area contributed by atoms with Crippen molar-refractivity contribution in [3.63, 3.8) is 0 Å². The van der Waals surface area contributed by atoms with Crippen LogP contribution in [0.4, 0.5) is 8.78 Å². The van der Waals surface area contributed by atoms with Gasteiger partial charge >= 0.3 is 0 Å². The summed E-state index contributed by atoms with van der Waals surface area (Å²) in [4.78, 5) is 15.4. The molecule has 1 aromatic heterocycles. The van der Waals surface area contributed by atoms with Crippen LogP contribution in [0.3, 0.4) is 0 Å². The largest absolute Gasteiger partial charge is 0.543 e. The van der Waals surface area contributed by atoms with E-state index < -0.39 is 17.6 Å². The summed E-state index contributed by atoms with van der Waals surface area (Å²) in [5, 5.41) is 11.7. The van der Waals surface area contributed by atoms with E-state index >= 15 is 0 Å². The first-order valence-corrected chi connectivity index (χ1v) is 10.1. The summed E-state index contributed by atoms with van der Waals surface area (Å²) in [7, 11) is 0. The van der Waals surface area contributed by atoms with Crippen LogP contribution in [0, 0.1) is 11.6 Å². The molecule has 1 aliphatic rings. The molecule has 0 saturated carbocycles. The number of rotatable bonds is 6. The number of carbonyl (C=O) groups excluding carboxylic acids is 1. The number of benzene rings is 2. The van der Waals surface area contributed by atoms with Gasteiger partial charge in [0.15, 0.2) is 11.6 Å². The summed E-state index contributed by atoms with van der Waals surface area (Å²) < 4.78 is 33.4. The van der Waals surface area contributed by atoms with Crippen molar-refractivity contribution < 1.29 is 23.4 Å². The molecule has 4 rings (SSSR count). The molecule has 0 aliphatic heterocycles. The number of carboxylic acids is 1. The maximum Gasteiger partial charge on any atom is 0.165 e. The SMILES string of the molecule is O=C([O-])c1cccc(C2=C(c3cc(Cl)ccc3OCc3cccc(F)c3F)CCC2)n1. The van der Waals surface area contributed by atoms with Gasteiger partial charge in [0, 0.05) is 16.1 Å². The van der Waals surface area contributed by atoms with Crippen molar-refractivity contribution >= 4 is 28.7 Å². The zero-order valence-electron chi connectivity index (χ0n) is 16.3. The highest BCUT2D eigenvalue weighted by Gasteiger charge is 2.22. The molecule has 1 heterocycles. The molecule has 2 aromatic carbocycles. The Bertz CT molecular complexity index is 1190. The molecule has 7 heteroatoms. The lowest BCUT2D eigenvalue weighted by atomic mass is 9.99. The van der Waals surface area contributed by atoms with Crippen molar-refractivity contribution in [1.29, 1.82) is 0 Å². The second kappa shape index (κ2) is 8.86. The summed E-state index contributed by atoms with van der Waals surface area (Å²) in [6, 6.07) is 13.8. The van der Waals surface area contributed by atoms with E-state index in [0.717, 1.165) is 35.6 Å². The number of halogens is 3. The Morgan fingerprint density at radius 2 is 1.84 bits per heavy atom. The molecule has 0 amide bonds. The molecular formula is C24H17ClF2NO3-. The number of carboxylic acid groups (broad SMARTS) is 1. The molecule has 0 atom stereocenters. The normalized spacial score (nSPS) is 13.5. The highest BCUT2D eigenvalue weighted by molar-refractivity contribution is 6.30. The summed E-state index contributed by atoms with van der Waals surface area (Å²) in [5.74, 6) is -2.75. The Kier molecular flexibility index (Phi) is 6.00. The standard InChI is InChI=1S/C24H18ClF2NO3/c25-15-10-11-22(31-13-14-4-1-7-19(26)23(14)27)18(12-15)16-5-2-6-17(16)20-8-3-9-21(28-20)24(29)30/h1,3-4,7-12H,2,5-6,13H2,(H,29,30)/p-1. The first-order valence-electron chi connectivity index (χ1n) is 9.70. The van der Waals surface area contributed by atoms with Crippen molar-refractivity contribution in [2.45, 2.75) is 25.9 Å². The maximum absolute atomic E-state index is 14.0. The van der Waals surface area contributed by atoms with E-state index in [0.29, 0.717) is 22.9 Å². The lowest BCUT2D eigenvalue weighted by molar-refractivity contribution is -0.255. The fourth-order valence-corrected chi connectivity index (χ4v) is 3.89. The minimum absolute atomic E-state index is 0.102. The molecule has 31 heavy (non-hydrogen) atoms. The van der Waals surface area contributed by atoms with Crippen LogP contribution in [0.15, 0.2) is 54.6 Å². The van der Waals surface area contributed by atoms with E-state index in [1.54, 1.807) is 30.3 Å². The van der Waals surface area contributed by atoms with E-state index in [1.807, 2.05) is 0 Å². The highest BCUT2D eigenvalue weighted by Crippen LogP contribution is 2.43. The molecule has 0 unspecified atom stereocenters. The Morgan fingerprint density at radius 1 is 1.06 bits per heavy atom. The third-order valence-corrected chi connectivity index (χ3v) is 5.40. The number of hydrogen-bond acceptors (Lipinski definition) is 4. The topological polar surface area (TPSA) is 62.2 Å². The van der Waals surface area contributed by atoms with Gasteiger partial charge < -0.3 is 14.6 Å². The van der Waals surface area contributed by atoms with Gasteiger partial charge in [0.05, 0.1) is 17.4 Å². The minimum Gasteiger partial charge on any atom is -0.543 e. The summed E-state index contributed by atoms with van der Waals surface area (Å²) in [6.45, 7) is -0.154. The molecule has 0 fully saturated rings. The van der Waals surface area contributed by atoms with Crippen molar-refractivity contribution in [3.05, 3.63) is 93.8 Å². The van der Waals surface area contributed by atoms with E-state index in [4.69, 9.17) is 16.3 Å². The Balaban J connectivity index is 1.72. The summed E-state index contributed by atoms with van der Waals surface area (Å²) in [6.07, 6.45) is 2.28. The van der Waals surface area contributed by atoms with E-state index in [1.165, 1.54) is 18.2 Å². The van der Waals surface area contributed by atoms with Crippen molar-refractivity contribution in [1.82, 2.24) is 4.98 Å². The highest BCUT2D eigenvalue weighted by atomic mass is 35.5. The zero-order valence-corrected chi connectivity index (χ0v) is 17.1. The average molecular weight is 441 g/mol. The van der Waals surface area contributed by atoms with Crippen molar-refractivity contribution in [2.24, 2.45) is 0 Å². The summed E-state index contributed by atoms with van der Waals surface area (Å²) in [5.41, 5.74) is 3.06. The van der Waals surface area contributed by atoms with Crippen LogP contribution in [0.25, 0.3) is 11.1 Å². The van der Waals surface area contributed by atoms with E-state index in [9.17, 15) is 18.7 Å². The Morgan fingerprint density at radius 3 is 2.65 bits per heavy atom. The van der Waals surface area contributed by atoms with Crippen LogP contribution in [0.1, 0.15) is 46.6 Å². The Hall–Kier alpha value is -3.25. The number of nitrogens with zero attached hydrogens (tertiary/aromatic N) is 1. The van der Waals surface area contributed by atoms with Crippen LogP contribution < -0.4 is 9.84 Å². The van der Waals surface area contributed by atoms with Gasteiger partial charge in [-0.3, -0.25) is 0 Å². The predicted octanol–water partition coefficient (Wildman–Crippen LogP) is 5.05. The van der Waals surface area contributed by atoms with Crippen molar-refractivity contribution in [3.8, 4) is 5.75 Å². The predicted molar refractivity (Wildman–Crippen MR) is 111 cm³/mol. The van der Waals surface area contributed by atoms with Crippen LogP contribution in [-0.2, 0) is 6.61 Å². The third-order valence-electron chi connectivity index (χ3n) is 5.17. The summed E-state index contributed by atoms with van der Waals surface area (Å²) >= 11 is 6.23. The number of allylic oxidation sites excluding steroid dienone is 2. The molecular weight excluding hydrogens is 424 g/mol. The second-order valence-corrected chi connectivity index (χ2v) is 7.58. The first-order chi connectivity index (χ1) is 14.9. The molecule has 158 valence electrons. The number of aromatic nitrogens is 1. The van der Waals surface area contributed by atoms with E-state index in [-0.39, 0.29) is 17.9 Å². The lowest BCUT2D eigenvalue weighted by Crippen LogP contribution is -2.23.